The van der Waals surface area contributed by atoms with E-state index in [9.17, 15) is 4.79 Å². The van der Waals surface area contributed by atoms with E-state index in [-0.39, 0.29) is 18.1 Å². The van der Waals surface area contributed by atoms with Gasteiger partial charge in [-0.1, -0.05) is 31.7 Å². The summed E-state index contributed by atoms with van der Waals surface area (Å²) < 4.78 is 5.66. The lowest BCUT2D eigenvalue weighted by atomic mass is 9.88. The number of hydrogen-bond donors (Lipinski definition) is 1. The quantitative estimate of drug-likeness (QED) is 0.811. The molecule has 0 atom stereocenters. The smallest absolute Gasteiger partial charge is 0.258 e. The second-order valence-electron chi connectivity index (χ2n) is 7.42. The molecule has 1 aromatic rings. The summed E-state index contributed by atoms with van der Waals surface area (Å²) in [5, 5.41) is 3.10. The average molecular weight is 332 g/mol. The molecule has 0 aliphatic heterocycles. The minimum Gasteiger partial charge on any atom is -0.484 e. The zero-order valence-corrected chi connectivity index (χ0v) is 15.7. The summed E-state index contributed by atoms with van der Waals surface area (Å²) in [6, 6.07) is 6.03. The standard InChI is InChI=1S/C20H32N2O2/c1-16-11-17(2)13-18(12-16)24-14-19(23)21-15-20(22(3)4)9-7-5-6-8-10-20/h11-13H,5-10,14-15H2,1-4H3,(H,21,23). The van der Waals surface area contributed by atoms with Crippen molar-refractivity contribution in [2.24, 2.45) is 0 Å². The molecule has 1 aromatic carbocycles. The Labute approximate surface area is 146 Å². The fraction of sp³-hybridized carbons (Fsp3) is 0.650. The molecule has 0 bridgehead atoms. The first kappa shape index (κ1) is 18.8. The van der Waals surface area contributed by atoms with Crippen LogP contribution in [0.4, 0.5) is 0 Å². The van der Waals surface area contributed by atoms with Gasteiger partial charge in [-0.15, -0.1) is 0 Å². The van der Waals surface area contributed by atoms with E-state index in [2.05, 4.69) is 30.4 Å². The molecule has 1 aliphatic rings. The number of carbonyl (C=O) groups is 1. The molecule has 134 valence electrons. The monoisotopic (exact) mass is 332 g/mol. The van der Waals surface area contributed by atoms with Crippen molar-refractivity contribution in [2.75, 3.05) is 27.2 Å². The van der Waals surface area contributed by atoms with Gasteiger partial charge >= 0.3 is 0 Å². The van der Waals surface area contributed by atoms with Gasteiger partial charge in [-0.05, 0) is 64.0 Å². The molecule has 0 heterocycles. The summed E-state index contributed by atoms with van der Waals surface area (Å²) in [5.74, 6) is 0.721. The lowest BCUT2D eigenvalue weighted by Crippen LogP contribution is -2.53. The SMILES string of the molecule is Cc1cc(C)cc(OCC(=O)NCC2(N(C)C)CCCCCC2)c1. The van der Waals surface area contributed by atoms with Crippen molar-refractivity contribution in [2.45, 2.75) is 57.9 Å². The Balaban J connectivity index is 1.86. The number of benzene rings is 1. The fourth-order valence-corrected chi connectivity index (χ4v) is 3.65. The number of carbonyl (C=O) groups excluding carboxylic acids is 1. The van der Waals surface area contributed by atoms with Gasteiger partial charge < -0.3 is 15.0 Å². The minimum atomic E-state index is -0.0420. The van der Waals surface area contributed by atoms with Gasteiger partial charge in [-0.3, -0.25) is 4.79 Å². The molecule has 0 spiro atoms. The first-order valence-corrected chi connectivity index (χ1v) is 9.06. The molecule has 1 aliphatic carbocycles. The van der Waals surface area contributed by atoms with Crippen molar-refractivity contribution < 1.29 is 9.53 Å². The molecule has 24 heavy (non-hydrogen) atoms. The molecule has 1 N–H and O–H groups in total. The third-order valence-electron chi connectivity index (χ3n) is 5.16. The molecule has 1 amide bonds. The summed E-state index contributed by atoms with van der Waals surface area (Å²) in [6.07, 6.45) is 7.40. The number of ether oxygens (including phenoxy) is 1. The van der Waals surface area contributed by atoms with Gasteiger partial charge in [0.25, 0.3) is 5.91 Å². The number of nitrogens with one attached hydrogen (secondary N) is 1. The Bertz CT molecular complexity index is 526. The maximum Gasteiger partial charge on any atom is 0.258 e. The van der Waals surface area contributed by atoms with E-state index in [4.69, 9.17) is 4.74 Å². The Morgan fingerprint density at radius 3 is 2.21 bits per heavy atom. The van der Waals surface area contributed by atoms with Crippen LogP contribution in [-0.4, -0.2) is 43.6 Å². The molecule has 4 heteroatoms. The highest BCUT2D eigenvalue weighted by atomic mass is 16.5. The highest BCUT2D eigenvalue weighted by molar-refractivity contribution is 5.77. The Kier molecular flexibility index (Phi) is 6.67. The van der Waals surface area contributed by atoms with E-state index in [1.165, 1.54) is 25.7 Å². The van der Waals surface area contributed by atoms with Gasteiger partial charge in [-0.2, -0.15) is 0 Å². The predicted molar refractivity (Wildman–Crippen MR) is 98.5 cm³/mol. The largest absolute Gasteiger partial charge is 0.484 e. The van der Waals surface area contributed by atoms with Crippen molar-refractivity contribution in [1.82, 2.24) is 10.2 Å². The van der Waals surface area contributed by atoms with E-state index in [0.717, 1.165) is 29.7 Å². The Morgan fingerprint density at radius 1 is 1.08 bits per heavy atom. The van der Waals surface area contributed by atoms with Crippen molar-refractivity contribution >= 4 is 5.91 Å². The number of amides is 1. The van der Waals surface area contributed by atoms with Crippen molar-refractivity contribution in [3.05, 3.63) is 29.3 Å². The van der Waals surface area contributed by atoms with Crippen molar-refractivity contribution in [3.8, 4) is 5.75 Å². The Morgan fingerprint density at radius 2 is 1.67 bits per heavy atom. The summed E-state index contributed by atoms with van der Waals surface area (Å²) in [4.78, 5) is 14.5. The molecular formula is C20H32N2O2. The molecule has 4 nitrogen and oxygen atoms in total. The topological polar surface area (TPSA) is 41.6 Å². The van der Waals surface area contributed by atoms with E-state index in [0.29, 0.717) is 6.54 Å². The van der Waals surface area contributed by atoms with Crippen LogP contribution in [0.5, 0.6) is 5.75 Å². The van der Waals surface area contributed by atoms with Gasteiger partial charge in [0, 0.05) is 12.1 Å². The van der Waals surface area contributed by atoms with Crippen LogP contribution < -0.4 is 10.1 Å². The van der Waals surface area contributed by atoms with Gasteiger partial charge in [0.05, 0.1) is 0 Å². The lowest BCUT2D eigenvalue weighted by Gasteiger charge is -2.39. The number of likely N-dealkylation sites (N-methyl/N-ethyl adjacent to an activating group) is 1. The molecule has 2 rings (SSSR count). The summed E-state index contributed by atoms with van der Waals surface area (Å²) in [5.41, 5.74) is 2.39. The van der Waals surface area contributed by atoms with Crippen LogP contribution in [-0.2, 0) is 4.79 Å². The number of rotatable bonds is 6. The third kappa shape index (κ3) is 5.23. The van der Waals surface area contributed by atoms with Crippen LogP contribution in [0.15, 0.2) is 18.2 Å². The van der Waals surface area contributed by atoms with E-state index >= 15 is 0 Å². The van der Waals surface area contributed by atoms with Crippen LogP contribution in [0.3, 0.4) is 0 Å². The normalized spacial score (nSPS) is 17.4. The van der Waals surface area contributed by atoms with Gasteiger partial charge in [-0.25, -0.2) is 0 Å². The third-order valence-corrected chi connectivity index (χ3v) is 5.16. The fourth-order valence-electron chi connectivity index (χ4n) is 3.65. The highest BCUT2D eigenvalue weighted by Crippen LogP contribution is 2.30. The number of nitrogens with zero attached hydrogens (tertiary/aromatic N) is 1. The lowest BCUT2D eigenvalue weighted by molar-refractivity contribution is -0.123. The Hall–Kier alpha value is -1.55. The van der Waals surface area contributed by atoms with Crippen LogP contribution in [0.25, 0.3) is 0 Å². The highest BCUT2D eigenvalue weighted by Gasteiger charge is 2.33. The summed E-state index contributed by atoms with van der Waals surface area (Å²) in [7, 11) is 4.26. The second kappa shape index (κ2) is 8.52. The first-order valence-electron chi connectivity index (χ1n) is 9.06. The van der Waals surface area contributed by atoms with Crippen molar-refractivity contribution in [1.29, 1.82) is 0 Å². The maximum atomic E-state index is 12.2. The van der Waals surface area contributed by atoms with Crippen LogP contribution in [0, 0.1) is 13.8 Å². The predicted octanol–water partition coefficient (Wildman–Crippen LogP) is 3.45. The number of aryl methyl sites for hydroxylation is 2. The first-order chi connectivity index (χ1) is 11.4. The molecule has 0 unspecified atom stereocenters. The molecule has 0 saturated heterocycles. The van der Waals surface area contributed by atoms with E-state index in [1.54, 1.807) is 0 Å². The molecule has 0 aromatic heterocycles. The van der Waals surface area contributed by atoms with Gasteiger partial charge in [0.15, 0.2) is 6.61 Å². The van der Waals surface area contributed by atoms with E-state index in [1.807, 2.05) is 26.0 Å². The maximum absolute atomic E-state index is 12.2. The molecular weight excluding hydrogens is 300 g/mol. The second-order valence-corrected chi connectivity index (χ2v) is 7.42. The van der Waals surface area contributed by atoms with Gasteiger partial charge in [0.1, 0.15) is 5.75 Å². The number of hydrogen-bond acceptors (Lipinski definition) is 3. The van der Waals surface area contributed by atoms with Crippen LogP contribution in [0.2, 0.25) is 0 Å². The summed E-state index contributed by atoms with van der Waals surface area (Å²) >= 11 is 0. The van der Waals surface area contributed by atoms with Crippen molar-refractivity contribution in [3.63, 3.8) is 0 Å². The van der Waals surface area contributed by atoms with Crippen LogP contribution >= 0.6 is 0 Å². The molecule has 1 fully saturated rings. The summed E-state index contributed by atoms with van der Waals surface area (Å²) in [6.45, 7) is 4.85. The average Bonchev–Trinajstić information content (AvgIpc) is 2.76. The zero-order valence-electron chi connectivity index (χ0n) is 15.7. The van der Waals surface area contributed by atoms with Gasteiger partial charge in [0.2, 0.25) is 0 Å². The van der Waals surface area contributed by atoms with Crippen LogP contribution in [0.1, 0.15) is 49.7 Å². The minimum absolute atomic E-state index is 0.0420. The molecule has 1 saturated carbocycles. The zero-order chi connectivity index (χ0) is 17.6. The van der Waals surface area contributed by atoms with E-state index < -0.39 is 0 Å². The molecule has 0 radical (unpaired) electrons.